The van der Waals surface area contributed by atoms with Crippen LogP contribution >= 0.6 is 0 Å². The van der Waals surface area contributed by atoms with Crippen molar-refractivity contribution in [3.63, 3.8) is 0 Å². The Bertz CT molecular complexity index is 1510. The molecule has 5 aromatic rings. The van der Waals surface area contributed by atoms with Crippen molar-refractivity contribution in [1.82, 2.24) is 24.2 Å². The number of aryl methyl sites for hydroxylation is 1. The summed E-state index contributed by atoms with van der Waals surface area (Å²) in [4.78, 5) is 25.8. The summed E-state index contributed by atoms with van der Waals surface area (Å²) in [5.74, 6) is -0.221. The first-order valence-corrected chi connectivity index (χ1v) is 11.7. The number of para-hydroxylation sites is 2. The first-order valence-electron chi connectivity index (χ1n) is 11.7. The minimum Gasteiger partial charge on any atom is -0.350 e. The molecule has 0 fully saturated rings. The molecule has 0 aliphatic carbocycles. The predicted octanol–water partition coefficient (Wildman–Crippen LogP) is 4.05. The number of nitrogens with one attached hydrogen (secondary N) is 1. The van der Waals surface area contributed by atoms with E-state index in [0.29, 0.717) is 19.6 Å². The normalized spacial score (nSPS) is 11.1. The third-order valence-electron chi connectivity index (χ3n) is 6.09. The van der Waals surface area contributed by atoms with Gasteiger partial charge in [0.15, 0.2) is 0 Å². The summed E-state index contributed by atoms with van der Waals surface area (Å²) in [5.41, 5.74) is 5.31. The van der Waals surface area contributed by atoms with Gasteiger partial charge < -0.3 is 5.32 Å². The molecule has 0 atom stereocenters. The molecule has 1 N–H and O–H groups in total. The van der Waals surface area contributed by atoms with Gasteiger partial charge in [-0.25, -0.2) is 4.79 Å². The van der Waals surface area contributed by atoms with Crippen LogP contribution in [0.1, 0.15) is 18.1 Å². The maximum absolute atomic E-state index is 12.9. The SMILES string of the molecule is CCn1c(=O)n(CC(=O)NCc2cn(Cc3ccccc3)nc2-c2ccccc2)c2ccccc21. The van der Waals surface area contributed by atoms with Gasteiger partial charge in [-0.2, -0.15) is 5.10 Å². The standard InChI is InChI=1S/C28H27N5O2/c1-2-32-24-15-9-10-16-25(24)33(28(32)35)20-26(34)29-17-23-19-31(18-21-11-5-3-6-12-21)30-27(23)22-13-7-4-8-14-22/h3-16,19H,2,17-18,20H2,1H3,(H,29,34). The average molecular weight is 466 g/mol. The Kier molecular flexibility index (Phi) is 6.30. The van der Waals surface area contributed by atoms with Crippen LogP contribution in [0, 0.1) is 0 Å². The van der Waals surface area contributed by atoms with Crippen molar-refractivity contribution < 1.29 is 4.79 Å². The van der Waals surface area contributed by atoms with Crippen molar-refractivity contribution in [3.05, 3.63) is 113 Å². The molecule has 0 saturated heterocycles. The molecule has 0 aliphatic rings. The summed E-state index contributed by atoms with van der Waals surface area (Å²) >= 11 is 0. The number of aromatic nitrogens is 4. The Balaban J connectivity index is 1.37. The largest absolute Gasteiger partial charge is 0.350 e. The maximum atomic E-state index is 12.9. The Hall–Kier alpha value is -4.39. The summed E-state index contributed by atoms with van der Waals surface area (Å²) < 4.78 is 5.12. The molecule has 7 heteroatoms. The number of nitrogens with zero attached hydrogens (tertiary/aromatic N) is 4. The zero-order valence-electron chi connectivity index (χ0n) is 19.6. The van der Waals surface area contributed by atoms with Crippen LogP contribution in [0.25, 0.3) is 22.3 Å². The van der Waals surface area contributed by atoms with Crippen LogP contribution in [0.3, 0.4) is 0 Å². The smallest absolute Gasteiger partial charge is 0.329 e. The van der Waals surface area contributed by atoms with Crippen molar-refractivity contribution >= 4 is 16.9 Å². The molecule has 7 nitrogen and oxygen atoms in total. The topological polar surface area (TPSA) is 73.8 Å². The summed E-state index contributed by atoms with van der Waals surface area (Å²) in [6.07, 6.45) is 1.98. The van der Waals surface area contributed by atoms with Crippen molar-refractivity contribution in [2.75, 3.05) is 0 Å². The highest BCUT2D eigenvalue weighted by atomic mass is 16.2. The molecular weight excluding hydrogens is 438 g/mol. The lowest BCUT2D eigenvalue weighted by Crippen LogP contribution is -2.32. The molecule has 0 bridgehead atoms. The Morgan fingerprint density at radius 1 is 0.857 bits per heavy atom. The molecule has 0 aliphatic heterocycles. The first kappa shape index (κ1) is 22.4. The number of benzene rings is 3. The van der Waals surface area contributed by atoms with Gasteiger partial charge in [0.1, 0.15) is 6.54 Å². The van der Waals surface area contributed by atoms with Crippen molar-refractivity contribution in [2.45, 2.75) is 33.1 Å². The van der Waals surface area contributed by atoms with Gasteiger partial charge in [-0.05, 0) is 24.6 Å². The highest BCUT2D eigenvalue weighted by Crippen LogP contribution is 2.22. The molecule has 5 rings (SSSR count). The second-order valence-corrected chi connectivity index (χ2v) is 8.43. The third-order valence-corrected chi connectivity index (χ3v) is 6.09. The van der Waals surface area contributed by atoms with E-state index in [1.54, 1.807) is 4.57 Å². The first-order chi connectivity index (χ1) is 17.1. The summed E-state index contributed by atoms with van der Waals surface area (Å²) in [6.45, 7) is 3.40. The quantitative estimate of drug-likeness (QED) is 0.376. The highest BCUT2D eigenvalue weighted by Gasteiger charge is 2.16. The van der Waals surface area contributed by atoms with E-state index in [0.717, 1.165) is 33.4 Å². The molecule has 0 saturated carbocycles. The number of fused-ring (bicyclic) bond motifs is 1. The predicted molar refractivity (Wildman–Crippen MR) is 137 cm³/mol. The lowest BCUT2D eigenvalue weighted by molar-refractivity contribution is -0.121. The van der Waals surface area contributed by atoms with Crippen LogP contribution in [0.15, 0.2) is 95.9 Å². The summed E-state index contributed by atoms with van der Waals surface area (Å²) in [5, 5.41) is 7.81. The van der Waals surface area contributed by atoms with E-state index in [4.69, 9.17) is 5.10 Å². The fourth-order valence-corrected chi connectivity index (χ4v) is 4.41. The van der Waals surface area contributed by atoms with E-state index < -0.39 is 0 Å². The van der Waals surface area contributed by atoms with Gasteiger partial charge in [-0.1, -0.05) is 72.8 Å². The van der Waals surface area contributed by atoms with E-state index >= 15 is 0 Å². The van der Waals surface area contributed by atoms with Crippen LogP contribution in [0.4, 0.5) is 0 Å². The Morgan fingerprint density at radius 3 is 2.17 bits per heavy atom. The molecule has 2 heterocycles. The van der Waals surface area contributed by atoms with Crippen molar-refractivity contribution in [3.8, 4) is 11.3 Å². The van der Waals surface area contributed by atoms with Crippen molar-refractivity contribution in [2.24, 2.45) is 0 Å². The van der Waals surface area contributed by atoms with Crippen LogP contribution in [0.5, 0.6) is 0 Å². The Labute approximate surface area is 203 Å². The number of carbonyl (C=O) groups is 1. The van der Waals surface area contributed by atoms with E-state index in [1.807, 2.05) is 90.6 Å². The maximum Gasteiger partial charge on any atom is 0.329 e. The van der Waals surface area contributed by atoms with Crippen LogP contribution in [0.2, 0.25) is 0 Å². The summed E-state index contributed by atoms with van der Waals surface area (Å²) in [7, 11) is 0. The van der Waals surface area contributed by atoms with Gasteiger partial charge in [0.2, 0.25) is 5.91 Å². The number of hydrogen-bond donors (Lipinski definition) is 1. The van der Waals surface area contributed by atoms with Gasteiger partial charge in [0.25, 0.3) is 0 Å². The number of amides is 1. The molecule has 176 valence electrons. The molecule has 0 spiro atoms. The lowest BCUT2D eigenvalue weighted by Gasteiger charge is -2.07. The fourth-order valence-electron chi connectivity index (χ4n) is 4.41. The fraction of sp³-hybridized carbons (Fsp3) is 0.179. The van der Waals surface area contributed by atoms with Gasteiger partial charge in [0, 0.05) is 30.4 Å². The Morgan fingerprint density at radius 2 is 1.49 bits per heavy atom. The summed E-state index contributed by atoms with van der Waals surface area (Å²) in [6, 6.07) is 27.6. The molecule has 0 unspecified atom stereocenters. The van der Waals surface area contributed by atoms with Gasteiger partial charge in [-0.15, -0.1) is 0 Å². The van der Waals surface area contributed by atoms with Gasteiger partial charge >= 0.3 is 5.69 Å². The number of hydrogen-bond acceptors (Lipinski definition) is 3. The second kappa shape index (κ2) is 9.85. The molecule has 3 aromatic carbocycles. The second-order valence-electron chi connectivity index (χ2n) is 8.43. The third kappa shape index (κ3) is 4.66. The number of carbonyl (C=O) groups excluding carboxylic acids is 1. The van der Waals surface area contributed by atoms with Crippen molar-refractivity contribution in [1.29, 1.82) is 0 Å². The zero-order valence-corrected chi connectivity index (χ0v) is 19.6. The van der Waals surface area contributed by atoms with Crippen LogP contribution in [-0.4, -0.2) is 24.8 Å². The molecule has 35 heavy (non-hydrogen) atoms. The van der Waals surface area contributed by atoms with E-state index in [-0.39, 0.29) is 18.1 Å². The molecule has 1 amide bonds. The zero-order chi connectivity index (χ0) is 24.2. The van der Waals surface area contributed by atoms with E-state index in [1.165, 1.54) is 4.57 Å². The molecule has 0 radical (unpaired) electrons. The van der Waals surface area contributed by atoms with E-state index in [2.05, 4.69) is 17.4 Å². The minimum atomic E-state index is -0.221. The van der Waals surface area contributed by atoms with Crippen LogP contribution < -0.4 is 11.0 Å². The van der Waals surface area contributed by atoms with Crippen LogP contribution in [-0.2, 0) is 31.0 Å². The molecular formula is C28H27N5O2. The minimum absolute atomic E-state index is 0.0365. The number of imidazole rings is 1. The van der Waals surface area contributed by atoms with E-state index in [9.17, 15) is 9.59 Å². The van der Waals surface area contributed by atoms with Gasteiger partial charge in [0.05, 0.1) is 23.3 Å². The molecule has 2 aromatic heterocycles. The highest BCUT2D eigenvalue weighted by molar-refractivity contribution is 5.81. The monoisotopic (exact) mass is 465 g/mol. The lowest BCUT2D eigenvalue weighted by atomic mass is 10.1. The number of rotatable bonds is 8. The average Bonchev–Trinajstić information content (AvgIpc) is 3.42. The van der Waals surface area contributed by atoms with Gasteiger partial charge in [-0.3, -0.25) is 18.6 Å².